The maximum Gasteiger partial charge on any atom is 0.157 e. The molecule has 3 heteroatoms. The van der Waals surface area contributed by atoms with E-state index in [1.807, 2.05) is 0 Å². The van der Waals surface area contributed by atoms with E-state index in [-0.39, 0.29) is 17.5 Å². The van der Waals surface area contributed by atoms with Crippen molar-refractivity contribution in [1.82, 2.24) is 0 Å². The van der Waals surface area contributed by atoms with Gasteiger partial charge in [0.2, 0.25) is 0 Å². The first-order valence-electron chi connectivity index (χ1n) is 5.42. The fourth-order valence-electron chi connectivity index (χ4n) is 1.44. The molecule has 0 radical (unpaired) electrons. The van der Waals surface area contributed by atoms with Gasteiger partial charge >= 0.3 is 0 Å². The van der Waals surface area contributed by atoms with Crippen LogP contribution < -0.4 is 0 Å². The van der Waals surface area contributed by atoms with Crippen molar-refractivity contribution in [2.75, 3.05) is 13.2 Å². The monoisotopic (exact) mass is 212 g/mol. The quantitative estimate of drug-likeness (QED) is 0.656. The van der Waals surface area contributed by atoms with E-state index in [4.69, 9.17) is 9.47 Å². The highest BCUT2D eigenvalue weighted by Gasteiger charge is 2.27. The average molecular weight is 212 g/mol. The van der Waals surface area contributed by atoms with E-state index < -0.39 is 0 Å². The van der Waals surface area contributed by atoms with Crippen LogP contribution in [0.1, 0.15) is 33.1 Å². The number of carbonyl (C=O) groups excluding carboxylic acids is 1. The van der Waals surface area contributed by atoms with Gasteiger partial charge in [0.05, 0.1) is 13.2 Å². The molecule has 0 saturated carbocycles. The molecule has 0 amide bonds. The summed E-state index contributed by atoms with van der Waals surface area (Å²) in [5.74, 6) is 0.0890. The van der Waals surface area contributed by atoms with Gasteiger partial charge in [0.1, 0.15) is 0 Å². The molecular weight excluding hydrogens is 192 g/mol. The van der Waals surface area contributed by atoms with Gasteiger partial charge in [0.15, 0.2) is 12.1 Å². The Labute approximate surface area is 91.4 Å². The summed E-state index contributed by atoms with van der Waals surface area (Å²) in [6.07, 6.45) is 3.36. The topological polar surface area (TPSA) is 35.5 Å². The lowest BCUT2D eigenvalue weighted by molar-refractivity contribution is -0.224. The smallest absolute Gasteiger partial charge is 0.157 e. The zero-order chi connectivity index (χ0) is 11.3. The second kappa shape index (κ2) is 5.42. The minimum absolute atomic E-state index is 0.0890. The molecule has 15 heavy (non-hydrogen) atoms. The lowest BCUT2D eigenvalue weighted by Crippen LogP contribution is -2.37. The van der Waals surface area contributed by atoms with Crippen molar-refractivity contribution in [3.8, 4) is 0 Å². The van der Waals surface area contributed by atoms with Crippen LogP contribution >= 0.6 is 0 Å². The van der Waals surface area contributed by atoms with Gasteiger partial charge in [0, 0.05) is 11.8 Å². The Morgan fingerprint density at radius 1 is 1.47 bits per heavy atom. The molecule has 1 rings (SSSR count). The minimum Gasteiger partial charge on any atom is -0.352 e. The lowest BCUT2D eigenvalue weighted by Gasteiger charge is -2.34. The van der Waals surface area contributed by atoms with Crippen molar-refractivity contribution in [3.05, 3.63) is 12.7 Å². The molecule has 86 valence electrons. The zero-order valence-electron chi connectivity index (χ0n) is 9.62. The third kappa shape index (κ3) is 4.58. The van der Waals surface area contributed by atoms with Crippen molar-refractivity contribution in [2.24, 2.45) is 5.41 Å². The van der Waals surface area contributed by atoms with Crippen LogP contribution in [0, 0.1) is 5.41 Å². The minimum atomic E-state index is -0.129. The summed E-state index contributed by atoms with van der Waals surface area (Å²) in [7, 11) is 0. The summed E-state index contributed by atoms with van der Waals surface area (Å²) in [5.41, 5.74) is 0.118. The molecule has 0 unspecified atom stereocenters. The summed E-state index contributed by atoms with van der Waals surface area (Å²) in [6.45, 7) is 9.12. The van der Waals surface area contributed by atoms with Crippen molar-refractivity contribution in [3.63, 3.8) is 0 Å². The van der Waals surface area contributed by atoms with Crippen molar-refractivity contribution >= 4 is 5.78 Å². The van der Waals surface area contributed by atoms with Crippen LogP contribution in [0.25, 0.3) is 0 Å². The van der Waals surface area contributed by atoms with Gasteiger partial charge in [0.25, 0.3) is 0 Å². The molecular formula is C12H20O3. The van der Waals surface area contributed by atoms with Crippen LogP contribution in [0.5, 0.6) is 0 Å². The Bertz CT molecular complexity index is 223. The second-order valence-electron chi connectivity index (χ2n) is 4.78. The molecule has 1 saturated heterocycles. The largest absolute Gasteiger partial charge is 0.352 e. The highest BCUT2D eigenvalue weighted by molar-refractivity contribution is 5.88. The molecule has 0 aromatic rings. The van der Waals surface area contributed by atoms with Crippen LogP contribution in [0.2, 0.25) is 0 Å². The molecule has 1 aliphatic heterocycles. The van der Waals surface area contributed by atoms with Gasteiger partial charge < -0.3 is 9.47 Å². The molecule has 0 aromatic heterocycles. The fourth-order valence-corrected chi connectivity index (χ4v) is 1.44. The first-order valence-corrected chi connectivity index (χ1v) is 5.42. The van der Waals surface area contributed by atoms with Crippen LogP contribution in [-0.4, -0.2) is 25.3 Å². The summed E-state index contributed by atoms with van der Waals surface area (Å²) < 4.78 is 11.1. The Balaban J connectivity index is 2.14. The van der Waals surface area contributed by atoms with Gasteiger partial charge in [-0.25, -0.2) is 0 Å². The molecule has 1 aliphatic rings. The summed E-state index contributed by atoms with van der Waals surface area (Å²) in [4.78, 5) is 11.0. The molecule has 3 nitrogen and oxygen atoms in total. The van der Waals surface area contributed by atoms with Gasteiger partial charge in [-0.05, 0) is 18.9 Å². The lowest BCUT2D eigenvalue weighted by atomic mass is 9.95. The molecule has 0 spiro atoms. The number of ether oxygens (including phenoxy) is 2. The van der Waals surface area contributed by atoms with E-state index in [1.54, 1.807) is 0 Å². The first-order chi connectivity index (χ1) is 7.03. The fraction of sp³-hybridized carbons (Fsp3) is 0.750. The molecule has 0 aromatic carbocycles. The van der Waals surface area contributed by atoms with Crippen molar-refractivity contribution < 1.29 is 14.3 Å². The number of hydrogen-bond acceptors (Lipinski definition) is 3. The highest BCUT2D eigenvalue weighted by atomic mass is 16.7. The van der Waals surface area contributed by atoms with Gasteiger partial charge in [-0.2, -0.15) is 0 Å². The number of carbonyl (C=O) groups is 1. The Morgan fingerprint density at radius 3 is 2.60 bits per heavy atom. The number of ketones is 1. The number of hydrogen-bond donors (Lipinski definition) is 0. The van der Waals surface area contributed by atoms with E-state index >= 15 is 0 Å². The molecule has 1 fully saturated rings. The predicted molar refractivity (Wildman–Crippen MR) is 58.5 cm³/mol. The SMILES string of the molecule is C=CC(=O)CCCC1OCC(C)(C)CO1. The number of allylic oxidation sites excluding steroid dienone is 1. The number of rotatable bonds is 5. The second-order valence-corrected chi connectivity index (χ2v) is 4.78. The van der Waals surface area contributed by atoms with E-state index in [0.29, 0.717) is 6.42 Å². The normalized spacial score (nSPS) is 21.2. The maximum absolute atomic E-state index is 11.0. The zero-order valence-corrected chi connectivity index (χ0v) is 9.62. The van der Waals surface area contributed by atoms with Gasteiger partial charge in [-0.3, -0.25) is 4.79 Å². The van der Waals surface area contributed by atoms with Crippen molar-refractivity contribution in [2.45, 2.75) is 39.4 Å². The maximum atomic E-state index is 11.0. The molecule has 0 aliphatic carbocycles. The summed E-state index contributed by atoms with van der Waals surface area (Å²) in [6, 6.07) is 0. The van der Waals surface area contributed by atoms with Crippen LogP contribution in [0.15, 0.2) is 12.7 Å². The third-order valence-electron chi connectivity index (χ3n) is 2.41. The Hall–Kier alpha value is -0.670. The standard InChI is InChI=1S/C12H20O3/c1-4-10(13)6-5-7-11-14-8-12(2,3)9-15-11/h4,11H,1,5-9H2,2-3H3. The van der Waals surface area contributed by atoms with Crippen LogP contribution in [0.4, 0.5) is 0 Å². The van der Waals surface area contributed by atoms with Gasteiger partial charge in [-0.15, -0.1) is 0 Å². The highest BCUT2D eigenvalue weighted by Crippen LogP contribution is 2.24. The third-order valence-corrected chi connectivity index (χ3v) is 2.41. The summed E-state index contributed by atoms with van der Waals surface area (Å²) in [5, 5.41) is 0. The molecule has 1 heterocycles. The van der Waals surface area contributed by atoms with Crippen molar-refractivity contribution in [1.29, 1.82) is 0 Å². The molecule has 0 bridgehead atoms. The average Bonchev–Trinajstić information content (AvgIpc) is 2.20. The Kier molecular flexibility index (Phi) is 4.48. The Morgan fingerprint density at radius 2 is 2.07 bits per heavy atom. The van der Waals surface area contributed by atoms with Crippen LogP contribution in [-0.2, 0) is 14.3 Å². The molecule has 0 atom stereocenters. The van der Waals surface area contributed by atoms with Crippen LogP contribution in [0.3, 0.4) is 0 Å². The summed E-state index contributed by atoms with van der Waals surface area (Å²) >= 11 is 0. The first kappa shape index (κ1) is 12.4. The van der Waals surface area contributed by atoms with Gasteiger partial charge in [-0.1, -0.05) is 20.4 Å². The van der Waals surface area contributed by atoms with E-state index in [0.717, 1.165) is 26.1 Å². The predicted octanol–water partition coefficient (Wildman–Crippen LogP) is 2.31. The molecule has 0 N–H and O–H groups in total. The van der Waals surface area contributed by atoms with E-state index in [2.05, 4.69) is 20.4 Å². The van der Waals surface area contributed by atoms with E-state index in [1.165, 1.54) is 6.08 Å². The van der Waals surface area contributed by atoms with E-state index in [9.17, 15) is 4.79 Å².